The Morgan fingerprint density at radius 1 is 1.27 bits per heavy atom. The van der Waals surface area contributed by atoms with Crippen molar-refractivity contribution in [1.29, 1.82) is 0 Å². The number of hydrogen-bond donors (Lipinski definition) is 3. The summed E-state index contributed by atoms with van der Waals surface area (Å²) >= 11 is 0. The first kappa shape index (κ1) is 21.1. The highest BCUT2D eigenvalue weighted by Crippen LogP contribution is 2.52. The number of amides is 2. The second-order valence-electron chi connectivity index (χ2n) is 9.48. The number of likely N-dealkylation sites (tertiary alicyclic amines) is 1. The number of carbonyl (C=O) groups is 2. The van der Waals surface area contributed by atoms with E-state index in [1.807, 2.05) is 30.9 Å². The van der Waals surface area contributed by atoms with E-state index >= 15 is 0 Å². The van der Waals surface area contributed by atoms with Crippen LogP contribution in [-0.2, 0) is 9.59 Å². The summed E-state index contributed by atoms with van der Waals surface area (Å²) in [6.45, 7) is 6.17. The maximum atomic E-state index is 13.2. The van der Waals surface area contributed by atoms with Gasteiger partial charge in [-0.3, -0.25) is 14.8 Å². The molecular formula is C23H33N3O4. The number of piperidine rings is 2. The van der Waals surface area contributed by atoms with Crippen LogP contribution in [0.3, 0.4) is 0 Å². The zero-order valence-corrected chi connectivity index (χ0v) is 17.9. The molecule has 0 aromatic heterocycles. The first-order chi connectivity index (χ1) is 14.4. The summed E-state index contributed by atoms with van der Waals surface area (Å²) in [7, 11) is 0. The Bertz CT molecular complexity index is 784. The van der Waals surface area contributed by atoms with Crippen LogP contribution in [0.1, 0.15) is 57.4 Å². The van der Waals surface area contributed by atoms with Crippen molar-refractivity contribution in [2.75, 3.05) is 19.6 Å². The number of hydrogen-bond acceptors (Lipinski definition) is 5. The Kier molecular flexibility index (Phi) is 6.02. The van der Waals surface area contributed by atoms with Crippen molar-refractivity contribution in [1.82, 2.24) is 15.7 Å². The molecule has 3 aliphatic rings. The third-order valence-electron chi connectivity index (χ3n) is 6.93. The number of benzene rings is 1. The SMILES string of the molecule is CC(C)Oc1cccc(C2CCN(C(=O)[C@H]3NCC4(CC4)C[C@@H]3C(=O)NO)CC2)c1. The molecule has 3 fully saturated rings. The van der Waals surface area contributed by atoms with Crippen molar-refractivity contribution in [2.45, 2.75) is 64.0 Å². The standard InChI is InChI=1S/C23H33N3O4/c1-15(2)30-18-5-3-4-17(12-18)16-6-10-26(11-7-16)22(28)20-19(21(27)25-29)13-23(8-9-23)14-24-20/h3-5,12,15-16,19-20,24,29H,6-11,13-14H2,1-2H3,(H,25,27)/t19-,20-/m0/s1. The van der Waals surface area contributed by atoms with Crippen LogP contribution in [0.25, 0.3) is 0 Å². The predicted octanol–water partition coefficient (Wildman–Crippen LogP) is 2.44. The van der Waals surface area contributed by atoms with Crippen LogP contribution in [0.5, 0.6) is 5.75 Å². The van der Waals surface area contributed by atoms with Crippen LogP contribution in [-0.4, -0.2) is 53.7 Å². The Labute approximate surface area is 178 Å². The minimum absolute atomic E-state index is 0.0190. The van der Waals surface area contributed by atoms with Crippen molar-refractivity contribution in [3.05, 3.63) is 29.8 Å². The molecule has 3 N–H and O–H groups in total. The van der Waals surface area contributed by atoms with E-state index in [0.717, 1.165) is 38.0 Å². The molecule has 7 nitrogen and oxygen atoms in total. The van der Waals surface area contributed by atoms with E-state index in [-0.39, 0.29) is 17.4 Å². The Hall–Kier alpha value is -2.12. The molecule has 2 amide bonds. The van der Waals surface area contributed by atoms with E-state index in [4.69, 9.17) is 9.94 Å². The van der Waals surface area contributed by atoms with Crippen LogP contribution in [0, 0.1) is 11.3 Å². The monoisotopic (exact) mass is 415 g/mol. The zero-order valence-electron chi connectivity index (χ0n) is 17.9. The number of ether oxygens (including phenoxy) is 1. The Morgan fingerprint density at radius 2 is 2.00 bits per heavy atom. The van der Waals surface area contributed by atoms with Gasteiger partial charge in [-0.05, 0) is 75.0 Å². The number of nitrogens with one attached hydrogen (secondary N) is 2. The van der Waals surface area contributed by atoms with E-state index in [9.17, 15) is 9.59 Å². The van der Waals surface area contributed by atoms with Gasteiger partial charge in [0.2, 0.25) is 11.8 Å². The molecule has 30 heavy (non-hydrogen) atoms. The molecule has 1 aromatic rings. The van der Waals surface area contributed by atoms with Gasteiger partial charge in [-0.2, -0.15) is 0 Å². The summed E-state index contributed by atoms with van der Waals surface area (Å²) in [6.07, 6.45) is 4.76. The number of carbonyl (C=O) groups excluding carboxylic acids is 2. The molecular weight excluding hydrogens is 382 g/mol. The third kappa shape index (κ3) is 4.47. The molecule has 7 heteroatoms. The smallest absolute Gasteiger partial charge is 0.248 e. The molecule has 4 rings (SSSR count). The van der Waals surface area contributed by atoms with Gasteiger partial charge in [-0.1, -0.05) is 12.1 Å². The maximum Gasteiger partial charge on any atom is 0.248 e. The fourth-order valence-electron chi connectivity index (χ4n) is 5.01. The molecule has 0 unspecified atom stereocenters. The summed E-state index contributed by atoms with van der Waals surface area (Å²) in [4.78, 5) is 27.3. The molecule has 2 saturated heterocycles. The van der Waals surface area contributed by atoms with Gasteiger partial charge < -0.3 is 15.0 Å². The molecule has 1 aromatic carbocycles. The highest BCUT2D eigenvalue weighted by Gasteiger charge is 2.52. The van der Waals surface area contributed by atoms with Gasteiger partial charge in [0.25, 0.3) is 0 Å². The Morgan fingerprint density at radius 3 is 2.63 bits per heavy atom. The second-order valence-corrected chi connectivity index (χ2v) is 9.48. The molecule has 1 aliphatic carbocycles. The first-order valence-electron chi connectivity index (χ1n) is 11.1. The normalized spacial score (nSPS) is 25.9. The van der Waals surface area contributed by atoms with Crippen LogP contribution in [0.15, 0.2) is 24.3 Å². The topological polar surface area (TPSA) is 90.9 Å². The van der Waals surface area contributed by atoms with E-state index < -0.39 is 17.9 Å². The highest BCUT2D eigenvalue weighted by atomic mass is 16.5. The largest absolute Gasteiger partial charge is 0.491 e. The lowest BCUT2D eigenvalue weighted by Crippen LogP contribution is -2.59. The van der Waals surface area contributed by atoms with E-state index in [1.54, 1.807) is 5.48 Å². The summed E-state index contributed by atoms with van der Waals surface area (Å²) < 4.78 is 5.82. The summed E-state index contributed by atoms with van der Waals surface area (Å²) in [5, 5.41) is 12.5. The minimum Gasteiger partial charge on any atom is -0.491 e. The number of nitrogens with zero attached hydrogens (tertiary/aromatic N) is 1. The third-order valence-corrected chi connectivity index (χ3v) is 6.93. The van der Waals surface area contributed by atoms with Crippen LogP contribution >= 0.6 is 0 Å². The van der Waals surface area contributed by atoms with Crippen molar-refractivity contribution in [3.63, 3.8) is 0 Å². The summed E-state index contributed by atoms with van der Waals surface area (Å²) in [5.74, 6) is 0.300. The van der Waals surface area contributed by atoms with Gasteiger partial charge in [0, 0.05) is 19.6 Å². The number of rotatable bonds is 5. The highest BCUT2D eigenvalue weighted by molar-refractivity contribution is 5.90. The van der Waals surface area contributed by atoms with Gasteiger partial charge >= 0.3 is 0 Å². The maximum absolute atomic E-state index is 13.2. The first-order valence-corrected chi connectivity index (χ1v) is 11.1. The fraction of sp³-hybridized carbons (Fsp3) is 0.652. The van der Waals surface area contributed by atoms with Gasteiger partial charge in [-0.25, -0.2) is 5.48 Å². The van der Waals surface area contributed by atoms with Crippen molar-refractivity contribution in [3.8, 4) is 5.75 Å². The minimum atomic E-state index is -0.553. The van der Waals surface area contributed by atoms with Crippen molar-refractivity contribution in [2.24, 2.45) is 11.3 Å². The summed E-state index contributed by atoms with van der Waals surface area (Å²) in [6, 6.07) is 7.71. The second kappa shape index (κ2) is 8.55. The molecule has 164 valence electrons. The van der Waals surface area contributed by atoms with Gasteiger partial charge in [-0.15, -0.1) is 0 Å². The lowest BCUT2D eigenvalue weighted by molar-refractivity contribution is -0.145. The van der Waals surface area contributed by atoms with E-state index in [1.165, 1.54) is 5.56 Å². The van der Waals surface area contributed by atoms with Gasteiger partial charge in [0.1, 0.15) is 5.75 Å². The van der Waals surface area contributed by atoms with Crippen LogP contribution in [0.4, 0.5) is 0 Å². The number of hydroxylamine groups is 1. The quantitative estimate of drug-likeness (QED) is 0.508. The molecule has 2 atom stereocenters. The van der Waals surface area contributed by atoms with Crippen molar-refractivity contribution < 1.29 is 19.5 Å². The van der Waals surface area contributed by atoms with Gasteiger partial charge in [0.15, 0.2) is 0 Å². The van der Waals surface area contributed by atoms with Gasteiger partial charge in [0.05, 0.1) is 18.1 Å². The lowest BCUT2D eigenvalue weighted by atomic mass is 9.81. The average Bonchev–Trinajstić information content (AvgIpc) is 3.51. The summed E-state index contributed by atoms with van der Waals surface area (Å²) in [5.41, 5.74) is 3.17. The van der Waals surface area contributed by atoms with Crippen molar-refractivity contribution >= 4 is 11.8 Å². The average molecular weight is 416 g/mol. The molecule has 0 bridgehead atoms. The van der Waals surface area contributed by atoms with Crippen LogP contribution in [0.2, 0.25) is 0 Å². The van der Waals surface area contributed by atoms with E-state index in [0.29, 0.717) is 25.4 Å². The molecule has 1 spiro atoms. The molecule has 2 heterocycles. The fourth-order valence-corrected chi connectivity index (χ4v) is 5.01. The van der Waals surface area contributed by atoms with Crippen LogP contribution < -0.4 is 15.5 Å². The Balaban J connectivity index is 1.37. The molecule has 2 aliphatic heterocycles. The molecule has 0 radical (unpaired) electrons. The zero-order chi connectivity index (χ0) is 21.3. The lowest BCUT2D eigenvalue weighted by Gasteiger charge is -2.40. The van der Waals surface area contributed by atoms with E-state index in [2.05, 4.69) is 17.4 Å². The molecule has 1 saturated carbocycles. The predicted molar refractivity (Wildman–Crippen MR) is 112 cm³/mol.